The molecule has 1 aliphatic heterocycles. The molecule has 23 heavy (non-hydrogen) atoms. The van der Waals surface area contributed by atoms with Gasteiger partial charge in [-0.1, -0.05) is 12.1 Å². The average Bonchev–Trinajstić information content (AvgIpc) is 2.56. The molecule has 3 N–H and O–H groups in total. The fraction of sp³-hybridized carbons (Fsp3) is 0.471. The van der Waals surface area contributed by atoms with Crippen LogP contribution in [0.4, 0.5) is 4.39 Å². The highest BCUT2D eigenvalue weighted by Gasteiger charge is 2.18. The van der Waals surface area contributed by atoms with Crippen molar-refractivity contribution in [3.63, 3.8) is 0 Å². The van der Waals surface area contributed by atoms with Gasteiger partial charge in [-0.15, -0.1) is 6.58 Å². The Morgan fingerprint density at radius 1 is 1.48 bits per heavy atom. The second-order valence-electron chi connectivity index (χ2n) is 5.72. The van der Waals surface area contributed by atoms with Crippen molar-refractivity contribution in [3.8, 4) is 5.75 Å². The Labute approximate surface area is 136 Å². The molecule has 1 heterocycles. The molecule has 0 bridgehead atoms. The fourth-order valence-corrected chi connectivity index (χ4v) is 2.68. The smallest absolute Gasteiger partial charge is 0.191 e. The molecule has 1 aromatic rings. The molecule has 1 aliphatic rings. The number of hydrogen-bond donors (Lipinski definition) is 3. The van der Waals surface area contributed by atoms with E-state index in [1.807, 2.05) is 6.08 Å². The number of phenolic OH excluding ortho intramolecular Hbond substituents is 1. The summed E-state index contributed by atoms with van der Waals surface area (Å²) in [6.07, 6.45) is 4.05. The van der Waals surface area contributed by atoms with E-state index in [9.17, 15) is 9.50 Å². The Balaban J connectivity index is 1.79. The molecule has 1 saturated heterocycles. The van der Waals surface area contributed by atoms with Crippen LogP contribution in [0.3, 0.4) is 0 Å². The summed E-state index contributed by atoms with van der Waals surface area (Å²) in [6.45, 7) is 7.25. The van der Waals surface area contributed by atoms with Crippen molar-refractivity contribution in [1.29, 1.82) is 0 Å². The van der Waals surface area contributed by atoms with E-state index in [2.05, 4.69) is 27.1 Å². The molecule has 0 aromatic heterocycles. The lowest BCUT2D eigenvalue weighted by Gasteiger charge is -2.32. The third kappa shape index (κ3) is 5.25. The van der Waals surface area contributed by atoms with Crippen LogP contribution < -0.4 is 10.6 Å². The lowest BCUT2D eigenvalue weighted by Crippen LogP contribution is -2.48. The molecule has 0 saturated carbocycles. The summed E-state index contributed by atoms with van der Waals surface area (Å²) in [5.41, 5.74) is 0.754. The van der Waals surface area contributed by atoms with Crippen molar-refractivity contribution >= 4 is 5.96 Å². The average molecular weight is 320 g/mol. The predicted molar refractivity (Wildman–Crippen MR) is 91.1 cm³/mol. The molecule has 6 heteroatoms. The van der Waals surface area contributed by atoms with Crippen molar-refractivity contribution in [2.24, 2.45) is 4.99 Å². The summed E-state index contributed by atoms with van der Waals surface area (Å²) in [7, 11) is 1.72. The second-order valence-corrected chi connectivity index (χ2v) is 5.72. The first-order chi connectivity index (χ1) is 11.1. The largest absolute Gasteiger partial charge is 0.505 e. The van der Waals surface area contributed by atoms with Gasteiger partial charge in [-0.05, 0) is 30.5 Å². The van der Waals surface area contributed by atoms with Crippen LogP contribution in [0.25, 0.3) is 0 Å². The quantitative estimate of drug-likeness (QED) is 0.440. The van der Waals surface area contributed by atoms with Gasteiger partial charge in [0.2, 0.25) is 0 Å². The molecular formula is C17H25FN4O. The molecule has 5 nitrogen and oxygen atoms in total. The van der Waals surface area contributed by atoms with Crippen molar-refractivity contribution in [2.75, 3.05) is 26.7 Å². The predicted octanol–water partition coefficient (Wildman–Crippen LogP) is 1.85. The van der Waals surface area contributed by atoms with E-state index in [0.717, 1.165) is 38.0 Å². The van der Waals surface area contributed by atoms with Crippen LogP contribution in [0.5, 0.6) is 5.75 Å². The number of nitrogens with one attached hydrogen (secondary N) is 2. The van der Waals surface area contributed by atoms with Gasteiger partial charge in [0.1, 0.15) is 0 Å². The highest BCUT2D eigenvalue weighted by molar-refractivity contribution is 5.79. The molecular weight excluding hydrogens is 295 g/mol. The van der Waals surface area contributed by atoms with Crippen LogP contribution in [0, 0.1) is 5.82 Å². The number of rotatable bonds is 5. The van der Waals surface area contributed by atoms with Gasteiger partial charge in [0.15, 0.2) is 17.5 Å². The molecule has 2 rings (SSSR count). The Morgan fingerprint density at radius 3 is 2.83 bits per heavy atom. The van der Waals surface area contributed by atoms with Gasteiger partial charge in [0.25, 0.3) is 0 Å². The van der Waals surface area contributed by atoms with Gasteiger partial charge in [0, 0.05) is 39.3 Å². The Kier molecular flexibility index (Phi) is 6.40. The minimum atomic E-state index is -0.609. The summed E-state index contributed by atoms with van der Waals surface area (Å²) < 4.78 is 13.3. The first kappa shape index (κ1) is 17.3. The third-order valence-corrected chi connectivity index (χ3v) is 4.01. The minimum absolute atomic E-state index is 0.331. The number of guanidine groups is 1. The van der Waals surface area contributed by atoms with E-state index < -0.39 is 5.82 Å². The van der Waals surface area contributed by atoms with E-state index in [0.29, 0.717) is 18.5 Å². The monoisotopic (exact) mass is 320 g/mol. The number of aromatic hydroxyl groups is 1. The number of hydrogen-bond acceptors (Lipinski definition) is 3. The van der Waals surface area contributed by atoms with Crippen LogP contribution in [0.2, 0.25) is 0 Å². The van der Waals surface area contributed by atoms with Gasteiger partial charge >= 0.3 is 0 Å². The molecule has 0 radical (unpaired) electrons. The highest BCUT2D eigenvalue weighted by Crippen LogP contribution is 2.16. The first-order valence-corrected chi connectivity index (χ1v) is 7.90. The van der Waals surface area contributed by atoms with Crippen molar-refractivity contribution < 1.29 is 9.50 Å². The van der Waals surface area contributed by atoms with Crippen LogP contribution in [-0.4, -0.2) is 48.7 Å². The molecule has 0 unspecified atom stereocenters. The van der Waals surface area contributed by atoms with Crippen LogP contribution in [-0.2, 0) is 6.54 Å². The number of nitrogens with zero attached hydrogens (tertiary/aromatic N) is 2. The van der Waals surface area contributed by atoms with Gasteiger partial charge in [-0.2, -0.15) is 0 Å². The SMILES string of the molecule is C=CCN1CCC(NC(=NC)NCc2ccc(O)c(F)c2)CC1. The zero-order valence-electron chi connectivity index (χ0n) is 13.6. The lowest BCUT2D eigenvalue weighted by atomic mass is 10.1. The van der Waals surface area contributed by atoms with E-state index in [4.69, 9.17) is 0 Å². The molecule has 0 aliphatic carbocycles. The van der Waals surface area contributed by atoms with Gasteiger partial charge in [-0.25, -0.2) is 4.39 Å². The van der Waals surface area contributed by atoms with E-state index in [1.54, 1.807) is 13.1 Å². The van der Waals surface area contributed by atoms with Crippen LogP contribution >= 0.6 is 0 Å². The Bertz CT molecular complexity index is 554. The number of halogens is 1. The van der Waals surface area contributed by atoms with Gasteiger partial charge in [-0.3, -0.25) is 9.89 Å². The van der Waals surface area contributed by atoms with Crippen molar-refractivity contribution in [2.45, 2.75) is 25.4 Å². The summed E-state index contributed by atoms with van der Waals surface area (Å²) in [6, 6.07) is 4.76. The van der Waals surface area contributed by atoms with E-state index in [1.165, 1.54) is 12.1 Å². The van der Waals surface area contributed by atoms with Gasteiger partial charge in [0.05, 0.1) is 0 Å². The molecule has 1 fully saturated rings. The number of aliphatic imine (C=N–C) groups is 1. The van der Waals surface area contributed by atoms with E-state index >= 15 is 0 Å². The Morgan fingerprint density at radius 2 is 2.22 bits per heavy atom. The second kappa shape index (κ2) is 8.53. The maximum atomic E-state index is 13.3. The Hall–Kier alpha value is -2.08. The van der Waals surface area contributed by atoms with Crippen molar-refractivity contribution in [3.05, 3.63) is 42.2 Å². The molecule has 126 valence electrons. The van der Waals surface area contributed by atoms with Crippen molar-refractivity contribution in [1.82, 2.24) is 15.5 Å². The molecule has 0 amide bonds. The maximum Gasteiger partial charge on any atom is 0.191 e. The van der Waals surface area contributed by atoms with Crippen LogP contribution in [0.1, 0.15) is 18.4 Å². The first-order valence-electron chi connectivity index (χ1n) is 7.90. The lowest BCUT2D eigenvalue weighted by molar-refractivity contribution is 0.225. The summed E-state index contributed by atoms with van der Waals surface area (Å²) >= 11 is 0. The minimum Gasteiger partial charge on any atom is -0.505 e. The van der Waals surface area contributed by atoms with Gasteiger partial charge < -0.3 is 15.7 Å². The van der Waals surface area contributed by atoms with Crippen LogP contribution in [0.15, 0.2) is 35.8 Å². The summed E-state index contributed by atoms with van der Waals surface area (Å²) in [5, 5.41) is 15.8. The summed E-state index contributed by atoms with van der Waals surface area (Å²) in [4.78, 5) is 6.59. The standard InChI is InChI=1S/C17H25FN4O/c1-3-8-22-9-6-14(7-10-22)21-17(19-2)20-12-13-4-5-16(23)15(18)11-13/h3-5,11,14,23H,1,6-10,12H2,2H3,(H2,19,20,21). The molecule has 0 atom stereocenters. The zero-order chi connectivity index (χ0) is 16.7. The zero-order valence-corrected chi connectivity index (χ0v) is 13.6. The number of phenols is 1. The molecule has 1 aromatic carbocycles. The topological polar surface area (TPSA) is 59.9 Å². The molecule has 0 spiro atoms. The number of piperidine rings is 1. The summed E-state index contributed by atoms with van der Waals surface area (Å²) in [5.74, 6) is -0.231. The third-order valence-electron chi connectivity index (χ3n) is 4.01. The number of benzene rings is 1. The fourth-order valence-electron chi connectivity index (χ4n) is 2.68. The number of likely N-dealkylation sites (tertiary alicyclic amines) is 1. The highest BCUT2D eigenvalue weighted by atomic mass is 19.1. The maximum absolute atomic E-state index is 13.3. The normalized spacial score (nSPS) is 17.0. The van der Waals surface area contributed by atoms with E-state index in [-0.39, 0.29) is 5.75 Å².